The third kappa shape index (κ3) is 3.72. The smallest absolute Gasteiger partial charge is 0.259 e. The summed E-state index contributed by atoms with van der Waals surface area (Å²) in [5.74, 6) is 1.41. The second kappa shape index (κ2) is 7.66. The van der Waals surface area contributed by atoms with Crippen LogP contribution < -0.4 is 14.8 Å². The van der Waals surface area contributed by atoms with Crippen molar-refractivity contribution < 1.29 is 18.8 Å². The molecule has 4 aromatic rings. The van der Waals surface area contributed by atoms with Crippen LogP contribution in [0.5, 0.6) is 11.5 Å². The number of carbonyl (C=O) groups is 1. The minimum atomic E-state index is -0.270. The molecule has 0 bridgehead atoms. The number of benzene rings is 1. The maximum atomic E-state index is 12.8. The number of nitrogens with one attached hydrogen (secondary N) is 1. The minimum absolute atomic E-state index is 0.168. The van der Waals surface area contributed by atoms with E-state index in [1.807, 2.05) is 39.0 Å². The second-order valence-corrected chi connectivity index (χ2v) is 8.73. The quantitative estimate of drug-likeness (QED) is 0.485. The van der Waals surface area contributed by atoms with Gasteiger partial charge in [-0.05, 0) is 36.6 Å². The third-order valence-corrected chi connectivity index (χ3v) is 6.15. The van der Waals surface area contributed by atoms with Crippen molar-refractivity contribution in [2.45, 2.75) is 33.1 Å². The Bertz CT molecular complexity index is 1290. The zero-order valence-corrected chi connectivity index (χ0v) is 18.1. The molecule has 0 fully saturated rings. The highest BCUT2D eigenvalue weighted by molar-refractivity contribution is 7.15. The number of anilines is 1. The molecular weight excluding hydrogens is 416 g/mol. The first-order valence-corrected chi connectivity index (χ1v) is 10.7. The molecule has 1 amide bonds. The van der Waals surface area contributed by atoms with Crippen molar-refractivity contribution in [3.05, 3.63) is 57.9 Å². The first kappa shape index (κ1) is 19.5. The van der Waals surface area contributed by atoms with Crippen LogP contribution >= 0.6 is 11.3 Å². The van der Waals surface area contributed by atoms with Crippen molar-refractivity contribution in [1.29, 1.82) is 0 Å². The van der Waals surface area contributed by atoms with Crippen LogP contribution in [0.25, 0.3) is 11.1 Å². The Morgan fingerprint density at radius 1 is 1.23 bits per heavy atom. The highest BCUT2D eigenvalue weighted by Gasteiger charge is 2.18. The zero-order valence-electron chi connectivity index (χ0n) is 17.3. The number of aromatic nitrogens is 3. The summed E-state index contributed by atoms with van der Waals surface area (Å²) in [6, 6.07) is 7.66. The normalized spacial score (nSPS) is 12.6. The Morgan fingerprint density at radius 3 is 2.90 bits per heavy atom. The molecule has 4 heterocycles. The summed E-state index contributed by atoms with van der Waals surface area (Å²) in [6.45, 7) is 6.23. The van der Waals surface area contributed by atoms with Crippen LogP contribution in [-0.2, 0) is 6.42 Å². The van der Waals surface area contributed by atoms with Crippen LogP contribution in [0, 0.1) is 6.92 Å². The SMILES string of the molecule is Cc1nc(NC(=O)c2cnc3onc(C(C)C)c3c2)sc1Cc1ccc2c(c1)OCO2. The standard InChI is InChI=1S/C22H20N4O4S/c1-11(2)19-15-8-14(9-23-21(15)30-26-19)20(27)25-22-24-12(3)18(31-22)7-13-4-5-16-17(6-13)29-10-28-16/h4-6,8-9,11H,7,10H2,1-3H3,(H,24,25,27). The average Bonchev–Trinajstić information content (AvgIpc) is 3.46. The fourth-order valence-electron chi connectivity index (χ4n) is 3.44. The number of nitrogens with zero attached hydrogens (tertiary/aromatic N) is 3. The van der Waals surface area contributed by atoms with Gasteiger partial charge in [0.05, 0.1) is 22.3 Å². The van der Waals surface area contributed by atoms with Gasteiger partial charge in [-0.3, -0.25) is 10.1 Å². The number of pyridine rings is 1. The van der Waals surface area contributed by atoms with Gasteiger partial charge >= 0.3 is 0 Å². The monoisotopic (exact) mass is 436 g/mol. The fourth-order valence-corrected chi connectivity index (χ4v) is 4.43. The molecule has 3 aromatic heterocycles. The van der Waals surface area contributed by atoms with Gasteiger partial charge in [0, 0.05) is 17.5 Å². The molecule has 1 N–H and O–H groups in total. The van der Waals surface area contributed by atoms with E-state index in [-0.39, 0.29) is 18.6 Å². The first-order chi connectivity index (χ1) is 15.0. The number of ether oxygens (including phenoxy) is 2. The largest absolute Gasteiger partial charge is 0.454 e. The van der Waals surface area contributed by atoms with E-state index in [2.05, 4.69) is 20.4 Å². The lowest BCUT2D eigenvalue weighted by Gasteiger charge is -2.03. The predicted octanol–water partition coefficient (Wildman–Crippen LogP) is 4.68. The van der Waals surface area contributed by atoms with Gasteiger partial charge in [-0.25, -0.2) is 9.97 Å². The summed E-state index contributed by atoms with van der Waals surface area (Å²) in [5, 5.41) is 8.24. The summed E-state index contributed by atoms with van der Waals surface area (Å²) in [4.78, 5) is 22.6. The van der Waals surface area contributed by atoms with Crippen LogP contribution in [-0.4, -0.2) is 27.8 Å². The first-order valence-electron chi connectivity index (χ1n) is 9.89. The maximum Gasteiger partial charge on any atom is 0.259 e. The van der Waals surface area contributed by atoms with Crippen molar-refractivity contribution in [2.24, 2.45) is 0 Å². The molecule has 9 heteroatoms. The van der Waals surface area contributed by atoms with Crippen LogP contribution in [0.2, 0.25) is 0 Å². The second-order valence-electron chi connectivity index (χ2n) is 7.65. The molecule has 1 aromatic carbocycles. The van der Waals surface area contributed by atoms with Gasteiger partial charge in [-0.2, -0.15) is 0 Å². The van der Waals surface area contributed by atoms with Crippen LogP contribution in [0.3, 0.4) is 0 Å². The zero-order chi connectivity index (χ0) is 21.5. The van der Waals surface area contributed by atoms with Crippen molar-refractivity contribution >= 4 is 33.5 Å². The summed E-state index contributed by atoms with van der Waals surface area (Å²) < 4.78 is 16.1. The Kier molecular flexibility index (Phi) is 4.82. The van der Waals surface area contributed by atoms with Crippen LogP contribution in [0.1, 0.15) is 52.0 Å². The van der Waals surface area contributed by atoms with Gasteiger partial charge in [0.25, 0.3) is 11.6 Å². The molecule has 0 spiro atoms. The molecule has 1 aliphatic heterocycles. The molecule has 31 heavy (non-hydrogen) atoms. The number of rotatable bonds is 5. The number of thiazole rings is 1. The topological polar surface area (TPSA) is 99.4 Å². The van der Waals surface area contributed by atoms with Crippen molar-refractivity contribution in [3.63, 3.8) is 0 Å². The fraction of sp³-hybridized carbons (Fsp3) is 0.273. The van der Waals surface area contributed by atoms with Crippen LogP contribution in [0.4, 0.5) is 5.13 Å². The van der Waals surface area contributed by atoms with Gasteiger partial charge in [-0.15, -0.1) is 11.3 Å². The number of aryl methyl sites for hydroxylation is 1. The third-order valence-electron chi connectivity index (χ3n) is 5.08. The lowest BCUT2D eigenvalue weighted by Crippen LogP contribution is -2.12. The molecule has 0 radical (unpaired) electrons. The highest BCUT2D eigenvalue weighted by Crippen LogP contribution is 2.34. The van der Waals surface area contributed by atoms with E-state index in [0.29, 0.717) is 22.8 Å². The number of hydrogen-bond acceptors (Lipinski definition) is 8. The Labute approximate surface area is 182 Å². The van der Waals surface area contributed by atoms with E-state index >= 15 is 0 Å². The summed E-state index contributed by atoms with van der Waals surface area (Å²) >= 11 is 1.46. The molecule has 0 aliphatic carbocycles. The van der Waals surface area contributed by atoms with Gasteiger partial charge < -0.3 is 14.0 Å². The molecule has 8 nitrogen and oxygen atoms in total. The number of amides is 1. The van der Waals surface area contributed by atoms with E-state index in [1.165, 1.54) is 17.5 Å². The van der Waals surface area contributed by atoms with E-state index in [1.54, 1.807) is 6.07 Å². The van der Waals surface area contributed by atoms with Crippen LogP contribution in [0.15, 0.2) is 35.0 Å². The minimum Gasteiger partial charge on any atom is -0.454 e. The van der Waals surface area contributed by atoms with E-state index in [9.17, 15) is 4.79 Å². The lowest BCUT2D eigenvalue weighted by molar-refractivity contribution is 0.102. The summed E-state index contributed by atoms with van der Waals surface area (Å²) in [5.41, 5.74) is 3.62. The molecule has 0 atom stereocenters. The van der Waals surface area contributed by atoms with E-state index in [0.717, 1.165) is 38.7 Å². The van der Waals surface area contributed by atoms with Crippen molar-refractivity contribution in [1.82, 2.24) is 15.1 Å². The predicted molar refractivity (Wildman–Crippen MR) is 116 cm³/mol. The molecule has 0 unspecified atom stereocenters. The summed E-state index contributed by atoms with van der Waals surface area (Å²) in [6.07, 6.45) is 2.18. The average molecular weight is 436 g/mol. The maximum absolute atomic E-state index is 12.8. The van der Waals surface area contributed by atoms with Gasteiger partial charge in [0.15, 0.2) is 16.6 Å². The highest BCUT2D eigenvalue weighted by atomic mass is 32.1. The van der Waals surface area contributed by atoms with Crippen molar-refractivity contribution in [3.8, 4) is 11.5 Å². The molecule has 0 saturated carbocycles. The van der Waals surface area contributed by atoms with Gasteiger partial charge in [0.1, 0.15) is 0 Å². The molecule has 1 aliphatic rings. The van der Waals surface area contributed by atoms with Crippen molar-refractivity contribution in [2.75, 3.05) is 12.1 Å². The van der Waals surface area contributed by atoms with Gasteiger partial charge in [-0.1, -0.05) is 25.1 Å². The summed E-state index contributed by atoms with van der Waals surface area (Å²) in [7, 11) is 0. The molecule has 0 saturated heterocycles. The molecule has 5 rings (SSSR count). The Hall–Kier alpha value is -3.46. The molecular formula is C22H20N4O4S. The molecule has 158 valence electrons. The van der Waals surface area contributed by atoms with E-state index in [4.69, 9.17) is 14.0 Å². The number of fused-ring (bicyclic) bond motifs is 2. The lowest BCUT2D eigenvalue weighted by atomic mass is 10.1. The van der Waals surface area contributed by atoms with Gasteiger partial charge in [0.2, 0.25) is 6.79 Å². The number of hydrogen-bond donors (Lipinski definition) is 1. The number of carbonyl (C=O) groups excluding carboxylic acids is 1. The Balaban J connectivity index is 1.34. The Morgan fingerprint density at radius 2 is 2.06 bits per heavy atom. The van der Waals surface area contributed by atoms with E-state index < -0.39 is 0 Å².